The van der Waals surface area contributed by atoms with E-state index in [9.17, 15) is 4.39 Å². The van der Waals surface area contributed by atoms with Crippen molar-refractivity contribution in [1.82, 2.24) is 9.82 Å². The van der Waals surface area contributed by atoms with Gasteiger partial charge in [0.1, 0.15) is 0 Å². The first-order valence-electron chi connectivity index (χ1n) is 13.0. The second-order valence-electron chi connectivity index (χ2n) is 8.72. The molecule has 0 saturated carbocycles. The average Bonchev–Trinajstić information content (AvgIpc) is 2.96. The molecule has 2 heterocycles. The van der Waals surface area contributed by atoms with Crippen molar-refractivity contribution in [2.45, 2.75) is 53.5 Å². The summed E-state index contributed by atoms with van der Waals surface area (Å²) in [7, 11) is 9.23. The predicted molar refractivity (Wildman–Crippen MR) is 145 cm³/mol. The van der Waals surface area contributed by atoms with Gasteiger partial charge in [-0.3, -0.25) is 5.01 Å². The fourth-order valence-electron chi connectivity index (χ4n) is 4.28. The normalized spacial score (nSPS) is 17.2. The first-order chi connectivity index (χ1) is 17.9. The molecule has 1 spiro atoms. The Morgan fingerprint density at radius 3 is 2.19 bits per heavy atom. The molecule has 0 aromatic heterocycles. The minimum Gasteiger partial charge on any atom is -0.494 e. The standard InChI is InChI=1S/C24H28BFN4O3.2C2H6/c1-28(23-32-16-24(17-33-23)9-11-29(25)12-10-24)30(20-6-3-18(14-27)4-7-20)15-19-5-8-22(31-2)21(26)13-19;2*1-2/h3-8,13,23H,9-12,15-17H2,1-2H3;2*1-2H3. The maximum atomic E-state index is 14.3. The van der Waals surface area contributed by atoms with Crippen LogP contribution in [0.4, 0.5) is 10.1 Å². The number of hydrogen-bond donors (Lipinski definition) is 0. The zero-order valence-corrected chi connectivity index (χ0v) is 23.0. The monoisotopic (exact) mass is 510 g/mol. The van der Waals surface area contributed by atoms with E-state index >= 15 is 0 Å². The molecule has 7 nitrogen and oxygen atoms in total. The van der Waals surface area contributed by atoms with Gasteiger partial charge in [-0.2, -0.15) is 10.3 Å². The third-order valence-electron chi connectivity index (χ3n) is 6.45. The Labute approximate surface area is 223 Å². The van der Waals surface area contributed by atoms with Crippen LogP contribution in [-0.4, -0.2) is 64.7 Å². The minimum absolute atomic E-state index is 0.00834. The van der Waals surface area contributed by atoms with Gasteiger partial charge < -0.3 is 19.0 Å². The number of halogens is 1. The smallest absolute Gasteiger partial charge is 0.235 e. The highest BCUT2D eigenvalue weighted by molar-refractivity contribution is 6.04. The van der Waals surface area contributed by atoms with Crippen molar-refractivity contribution in [3.05, 3.63) is 59.4 Å². The summed E-state index contributed by atoms with van der Waals surface area (Å²) in [6.45, 7) is 11.2. The summed E-state index contributed by atoms with van der Waals surface area (Å²) in [5, 5.41) is 13.0. The number of nitrogens with zero attached hydrogens (tertiary/aromatic N) is 4. The highest BCUT2D eigenvalue weighted by atomic mass is 19.1. The number of hydrogen-bond acceptors (Lipinski definition) is 7. The van der Waals surface area contributed by atoms with Gasteiger partial charge in [0.15, 0.2) is 19.5 Å². The molecule has 9 heteroatoms. The Bertz CT molecular complexity index is 984. The van der Waals surface area contributed by atoms with E-state index in [-0.39, 0.29) is 11.2 Å². The molecular weight excluding hydrogens is 470 g/mol. The lowest BCUT2D eigenvalue weighted by atomic mass is 9.78. The molecule has 2 aromatic rings. The molecule has 0 bridgehead atoms. The summed E-state index contributed by atoms with van der Waals surface area (Å²) >= 11 is 0. The number of rotatable bonds is 6. The third-order valence-corrected chi connectivity index (χ3v) is 6.45. The van der Waals surface area contributed by atoms with Crippen molar-refractivity contribution in [3.8, 4) is 11.8 Å². The molecule has 2 saturated heterocycles. The van der Waals surface area contributed by atoms with Crippen LogP contribution in [0, 0.1) is 22.6 Å². The van der Waals surface area contributed by atoms with Crippen molar-refractivity contribution >= 4 is 13.7 Å². The Balaban J connectivity index is 0.00000115. The Hall–Kier alpha value is -2.64. The Morgan fingerprint density at radius 2 is 1.68 bits per heavy atom. The number of piperidine rings is 1. The average molecular weight is 510 g/mol. The summed E-state index contributed by atoms with van der Waals surface area (Å²) in [6.07, 6.45) is 1.28. The Morgan fingerprint density at radius 1 is 1.08 bits per heavy atom. The SMILES string of the molecule is CC.CC.[B]N1CCC2(CC1)COC(N(C)N(Cc1ccc(OC)c(F)c1)c1ccc(C#N)cc1)OC2. The molecule has 2 aliphatic rings. The van der Waals surface area contributed by atoms with Crippen LogP contribution >= 0.6 is 0 Å². The fraction of sp³-hybridized carbons (Fsp3) is 0.536. The van der Waals surface area contributed by atoms with Crippen LogP contribution < -0.4 is 9.75 Å². The largest absolute Gasteiger partial charge is 0.494 e. The fourth-order valence-corrected chi connectivity index (χ4v) is 4.28. The lowest BCUT2D eigenvalue weighted by molar-refractivity contribution is -0.290. The van der Waals surface area contributed by atoms with Gasteiger partial charge in [0.2, 0.25) is 6.41 Å². The molecule has 0 atom stereocenters. The van der Waals surface area contributed by atoms with Crippen LogP contribution in [0.2, 0.25) is 0 Å². The van der Waals surface area contributed by atoms with Gasteiger partial charge in [0, 0.05) is 12.5 Å². The summed E-state index contributed by atoms with van der Waals surface area (Å²) in [6, 6.07) is 14.3. The van der Waals surface area contributed by atoms with Gasteiger partial charge in [-0.25, -0.2) is 4.39 Å². The van der Waals surface area contributed by atoms with Crippen molar-refractivity contribution in [3.63, 3.8) is 0 Å². The molecule has 200 valence electrons. The molecule has 0 aliphatic carbocycles. The lowest BCUT2D eigenvalue weighted by Crippen LogP contribution is -2.55. The highest BCUT2D eigenvalue weighted by Gasteiger charge is 2.40. The molecule has 2 radical (unpaired) electrons. The molecule has 0 N–H and O–H groups in total. The zero-order chi connectivity index (χ0) is 27.4. The number of hydrazine groups is 1. The van der Waals surface area contributed by atoms with Crippen molar-refractivity contribution < 1.29 is 18.6 Å². The number of anilines is 1. The van der Waals surface area contributed by atoms with Crippen LogP contribution in [0.15, 0.2) is 42.5 Å². The van der Waals surface area contributed by atoms with Crippen LogP contribution in [0.1, 0.15) is 51.7 Å². The molecule has 0 unspecified atom stereocenters. The summed E-state index contributed by atoms with van der Waals surface area (Å²) < 4.78 is 31.7. The van der Waals surface area contributed by atoms with Crippen LogP contribution in [0.3, 0.4) is 0 Å². The molecular formula is C28H40BFN4O3. The van der Waals surface area contributed by atoms with Crippen LogP contribution in [-0.2, 0) is 16.0 Å². The lowest BCUT2D eigenvalue weighted by Gasteiger charge is -2.48. The van der Waals surface area contributed by atoms with Gasteiger partial charge in [-0.1, -0.05) is 33.8 Å². The van der Waals surface area contributed by atoms with Gasteiger partial charge in [-0.15, -0.1) is 0 Å². The summed E-state index contributed by atoms with van der Waals surface area (Å²) in [5.74, 6) is -0.222. The summed E-state index contributed by atoms with van der Waals surface area (Å²) in [5.41, 5.74) is 2.14. The number of methoxy groups -OCH3 is 1. The van der Waals surface area contributed by atoms with E-state index in [2.05, 4.69) is 6.07 Å². The predicted octanol–water partition coefficient (Wildman–Crippen LogP) is 5.11. The maximum Gasteiger partial charge on any atom is 0.235 e. The van der Waals surface area contributed by atoms with Gasteiger partial charge >= 0.3 is 0 Å². The van der Waals surface area contributed by atoms with Gasteiger partial charge in [0.25, 0.3) is 0 Å². The molecule has 37 heavy (non-hydrogen) atoms. The van der Waals surface area contributed by atoms with E-state index in [1.54, 1.807) is 18.2 Å². The van der Waals surface area contributed by atoms with E-state index in [4.69, 9.17) is 27.5 Å². The van der Waals surface area contributed by atoms with E-state index in [1.807, 2.05) is 67.8 Å². The first-order valence-corrected chi connectivity index (χ1v) is 13.0. The molecule has 4 rings (SSSR count). The Kier molecular flexibility index (Phi) is 12.4. The van der Waals surface area contributed by atoms with Crippen LogP contribution in [0.5, 0.6) is 5.75 Å². The summed E-state index contributed by atoms with van der Waals surface area (Å²) in [4.78, 5) is 1.84. The molecule has 0 amide bonds. The van der Waals surface area contributed by atoms with Crippen molar-refractivity contribution in [1.29, 1.82) is 5.26 Å². The zero-order valence-electron chi connectivity index (χ0n) is 23.0. The van der Waals surface area contributed by atoms with E-state index in [1.165, 1.54) is 13.2 Å². The molecule has 2 fully saturated rings. The van der Waals surface area contributed by atoms with E-state index in [0.717, 1.165) is 37.2 Å². The molecule has 2 aliphatic heterocycles. The molecule has 2 aromatic carbocycles. The van der Waals surface area contributed by atoms with Crippen molar-refractivity contribution in [2.24, 2.45) is 5.41 Å². The van der Waals surface area contributed by atoms with E-state index in [0.29, 0.717) is 25.3 Å². The minimum atomic E-state index is -0.592. The third kappa shape index (κ3) is 7.92. The topological polar surface area (TPSA) is 61.2 Å². The number of ether oxygens (including phenoxy) is 3. The number of benzene rings is 2. The van der Waals surface area contributed by atoms with E-state index < -0.39 is 12.2 Å². The van der Waals surface area contributed by atoms with Crippen LogP contribution in [0.25, 0.3) is 0 Å². The van der Waals surface area contributed by atoms with Gasteiger partial charge in [0.05, 0.1) is 44.2 Å². The second-order valence-corrected chi connectivity index (χ2v) is 8.72. The maximum absolute atomic E-state index is 14.3. The second kappa shape index (κ2) is 14.9. The quantitative estimate of drug-likeness (QED) is 0.396. The highest BCUT2D eigenvalue weighted by Crippen LogP contribution is 2.36. The van der Waals surface area contributed by atoms with Crippen molar-refractivity contribution in [2.75, 3.05) is 45.5 Å². The van der Waals surface area contributed by atoms with Gasteiger partial charge in [-0.05, 0) is 67.9 Å². The first kappa shape index (κ1) is 30.6. The number of nitriles is 1.